The maximum absolute atomic E-state index is 12.0. The first kappa shape index (κ1) is 20.9. The third-order valence-electron chi connectivity index (χ3n) is 2.75. The molecule has 0 fully saturated rings. The summed E-state index contributed by atoms with van der Waals surface area (Å²) in [6, 6.07) is -0.898. The maximum atomic E-state index is 12.0. The number of nitrogens with one attached hydrogen (secondary N) is 3. The molecule has 5 N–H and O–H groups in total. The minimum Gasteiger partial charge on any atom is -0.353 e. The highest BCUT2D eigenvalue weighted by atomic mass is 32.1. The molecule has 0 unspecified atom stereocenters. The zero-order chi connectivity index (χ0) is 16.8. The summed E-state index contributed by atoms with van der Waals surface area (Å²) in [5.41, 5.74) is 5.32. The summed E-state index contributed by atoms with van der Waals surface area (Å²) in [5, 5.41) is 5.17. The molecule has 0 aliphatic rings. The van der Waals surface area contributed by atoms with Gasteiger partial charge in [-0.2, -0.15) is 12.6 Å². The number of carbonyl (C=O) groups is 3. The van der Waals surface area contributed by atoms with Gasteiger partial charge in [0.2, 0.25) is 17.7 Å². The molecule has 0 bridgehead atoms. The number of hydrogen-bond acceptors (Lipinski definition) is 5. The molecule has 0 spiro atoms. The van der Waals surface area contributed by atoms with Crippen molar-refractivity contribution in [1.82, 2.24) is 15.4 Å². The minimum absolute atomic E-state index is 0.124. The van der Waals surface area contributed by atoms with Gasteiger partial charge in [0, 0.05) is 19.5 Å². The molecular weight excluding hydrogens is 324 g/mol. The molecule has 0 aromatic rings. The number of nitrogens with two attached hydrogens (primary N) is 1. The number of amides is 3. The summed E-state index contributed by atoms with van der Waals surface area (Å²) in [7, 11) is 0. The van der Waals surface area contributed by atoms with E-state index >= 15 is 0 Å². The lowest BCUT2D eigenvalue weighted by Crippen LogP contribution is -2.49. The van der Waals surface area contributed by atoms with Gasteiger partial charge in [-0.25, -0.2) is 0 Å². The van der Waals surface area contributed by atoms with Crippen LogP contribution in [-0.4, -0.2) is 48.5 Å². The standard InChI is InChI=1S/C13H26N4O3S2/c1-22-17-12(19)9-10(13(20)15-7-6-14)16-11(18)5-3-2-4-8-21/h10,21-22H,1-9,14H2,(H,15,20)(H,16,18)(H,17,19)/t10-/m0/s1. The smallest absolute Gasteiger partial charge is 0.243 e. The van der Waals surface area contributed by atoms with Crippen LogP contribution < -0.4 is 21.1 Å². The number of thiol groups is 2. The van der Waals surface area contributed by atoms with Crippen LogP contribution in [0.2, 0.25) is 0 Å². The highest BCUT2D eigenvalue weighted by Crippen LogP contribution is 2.02. The lowest BCUT2D eigenvalue weighted by atomic mass is 10.1. The molecule has 128 valence electrons. The first-order valence-corrected chi connectivity index (χ1v) is 8.89. The molecule has 9 heteroatoms. The number of rotatable bonds is 12. The Balaban J connectivity index is 4.43. The second kappa shape index (κ2) is 13.6. The van der Waals surface area contributed by atoms with Gasteiger partial charge in [-0.1, -0.05) is 12.3 Å². The van der Waals surface area contributed by atoms with Gasteiger partial charge in [0.25, 0.3) is 0 Å². The highest BCUT2D eigenvalue weighted by molar-refractivity contribution is 7.95. The van der Waals surface area contributed by atoms with E-state index in [2.05, 4.69) is 33.9 Å². The van der Waals surface area contributed by atoms with E-state index in [1.165, 1.54) is 0 Å². The fourth-order valence-corrected chi connectivity index (χ4v) is 2.18. The Morgan fingerprint density at radius 3 is 2.50 bits per heavy atom. The summed E-state index contributed by atoms with van der Waals surface area (Å²) in [4.78, 5) is 35.4. The zero-order valence-corrected chi connectivity index (χ0v) is 14.4. The topological polar surface area (TPSA) is 113 Å². The van der Waals surface area contributed by atoms with E-state index in [0.717, 1.165) is 25.0 Å². The van der Waals surface area contributed by atoms with Crippen molar-refractivity contribution in [2.45, 2.75) is 38.1 Å². The van der Waals surface area contributed by atoms with Crippen LogP contribution in [0.4, 0.5) is 0 Å². The Morgan fingerprint density at radius 2 is 1.91 bits per heavy atom. The zero-order valence-electron chi connectivity index (χ0n) is 12.6. The Bertz CT molecular complexity index is 380. The number of unbranched alkanes of at least 4 members (excludes halogenated alkanes) is 2. The van der Waals surface area contributed by atoms with Crippen LogP contribution in [0.3, 0.4) is 0 Å². The molecule has 0 saturated carbocycles. The molecular formula is C13H26N4O3S2. The largest absolute Gasteiger partial charge is 0.353 e. The third kappa shape index (κ3) is 10.6. The molecule has 0 aromatic heterocycles. The van der Waals surface area contributed by atoms with Crippen LogP contribution in [0.25, 0.3) is 0 Å². The fourth-order valence-electron chi connectivity index (χ4n) is 1.69. The van der Waals surface area contributed by atoms with Crippen LogP contribution in [0.1, 0.15) is 32.1 Å². The van der Waals surface area contributed by atoms with Crippen molar-refractivity contribution in [2.75, 3.05) is 18.8 Å². The van der Waals surface area contributed by atoms with Crippen LogP contribution in [-0.2, 0) is 14.4 Å². The van der Waals surface area contributed by atoms with E-state index in [9.17, 15) is 14.4 Å². The van der Waals surface area contributed by atoms with Crippen LogP contribution >= 0.6 is 24.2 Å². The molecule has 3 amide bonds. The Kier molecular flexibility index (Phi) is 12.9. The predicted molar refractivity (Wildman–Crippen MR) is 95.2 cm³/mol. The molecule has 0 aliphatic carbocycles. The fraction of sp³-hybridized carbons (Fsp3) is 0.692. The molecule has 0 aliphatic heterocycles. The molecule has 22 heavy (non-hydrogen) atoms. The van der Waals surface area contributed by atoms with Gasteiger partial charge in [0.1, 0.15) is 6.04 Å². The van der Waals surface area contributed by atoms with Gasteiger partial charge < -0.3 is 21.1 Å². The van der Waals surface area contributed by atoms with Crippen molar-refractivity contribution in [3.63, 3.8) is 0 Å². The molecule has 7 nitrogen and oxygen atoms in total. The van der Waals surface area contributed by atoms with Crippen molar-refractivity contribution in [3.8, 4) is 0 Å². The summed E-state index contributed by atoms with van der Waals surface area (Å²) in [6.07, 6.45) is 2.78. The third-order valence-corrected chi connectivity index (χ3v) is 3.47. The van der Waals surface area contributed by atoms with Crippen molar-refractivity contribution in [1.29, 1.82) is 0 Å². The van der Waals surface area contributed by atoms with Gasteiger partial charge in [-0.05, 0) is 18.6 Å². The highest BCUT2D eigenvalue weighted by Gasteiger charge is 2.23. The second-order valence-electron chi connectivity index (χ2n) is 4.63. The Hall–Kier alpha value is -1.06. The van der Waals surface area contributed by atoms with Crippen molar-refractivity contribution >= 4 is 47.8 Å². The molecule has 0 saturated heterocycles. The molecule has 1 atom stereocenters. The number of carbonyl (C=O) groups excluding carboxylic acids is 3. The summed E-state index contributed by atoms with van der Waals surface area (Å²) in [5.74, 6) is 3.26. The summed E-state index contributed by atoms with van der Waals surface area (Å²) >= 11 is 4.56. The average Bonchev–Trinajstić information content (AvgIpc) is 2.48. The maximum Gasteiger partial charge on any atom is 0.243 e. The van der Waals surface area contributed by atoms with E-state index in [1.807, 2.05) is 0 Å². The predicted octanol–water partition coefficient (Wildman–Crippen LogP) is -0.645. The molecule has 0 aromatic carbocycles. The van der Waals surface area contributed by atoms with Crippen LogP contribution in [0, 0.1) is 0 Å². The van der Waals surface area contributed by atoms with E-state index in [1.54, 1.807) is 0 Å². The van der Waals surface area contributed by atoms with Crippen molar-refractivity contribution in [2.24, 2.45) is 5.73 Å². The first-order chi connectivity index (χ1) is 10.5. The quantitative estimate of drug-likeness (QED) is 0.160. The Labute approximate surface area is 140 Å². The van der Waals surface area contributed by atoms with E-state index in [0.29, 0.717) is 31.0 Å². The van der Waals surface area contributed by atoms with Gasteiger partial charge in [-0.3, -0.25) is 14.4 Å². The lowest BCUT2D eigenvalue weighted by molar-refractivity contribution is -0.131. The lowest BCUT2D eigenvalue weighted by Gasteiger charge is -2.17. The SMILES string of the molecule is C=[SH]NC(=O)C[C@H](NC(=O)CCCCCS)C(=O)NCCN. The average molecular weight is 351 g/mol. The molecule has 0 heterocycles. The number of hydrogen-bond donors (Lipinski definition) is 6. The van der Waals surface area contributed by atoms with Gasteiger partial charge >= 0.3 is 0 Å². The normalized spacial score (nSPS) is 11.5. The molecule has 0 rings (SSSR count). The summed E-state index contributed by atoms with van der Waals surface area (Å²) < 4.78 is 2.48. The monoisotopic (exact) mass is 350 g/mol. The Morgan fingerprint density at radius 1 is 1.18 bits per heavy atom. The van der Waals surface area contributed by atoms with Crippen LogP contribution in [0.15, 0.2) is 0 Å². The second-order valence-corrected chi connectivity index (χ2v) is 5.62. The van der Waals surface area contributed by atoms with Gasteiger partial charge in [-0.15, -0.1) is 11.5 Å². The summed E-state index contributed by atoms with van der Waals surface area (Å²) in [6.45, 7) is 0.585. The first-order valence-electron chi connectivity index (χ1n) is 7.17. The minimum atomic E-state index is -0.898. The van der Waals surface area contributed by atoms with E-state index in [4.69, 9.17) is 5.73 Å². The van der Waals surface area contributed by atoms with Gasteiger partial charge in [0.15, 0.2) is 0 Å². The van der Waals surface area contributed by atoms with Gasteiger partial charge in [0.05, 0.1) is 6.42 Å². The molecule has 0 radical (unpaired) electrons. The van der Waals surface area contributed by atoms with E-state index < -0.39 is 11.9 Å². The van der Waals surface area contributed by atoms with E-state index in [-0.39, 0.29) is 18.2 Å². The van der Waals surface area contributed by atoms with Crippen molar-refractivity contribution < 1.29 is 14.4 Å². The van der Waals surface area contributed by atoms with Crippen LogP contribution in [0.5, 0.6) is 0 Å². The van der Waals surface area contributed by atoms with Crippen molar-refractivity contribution in [3.05, 3.63) is 0 Å².